The Hall–Kier alpha value is -1.88. The average molecular weight is 328 g/mol. The fraction of sp³-hybridized carbons (Fsp3) is 0.579. The van der Waals surface area contributed by atoms with Crippen molar-refractivity contribution in [3.05, 3.63) is 30.0 Å². The number of fused-ring (bicyclic) bond motifs is 1. The van der Waals surface area contributed by atoms with Gasteiger partial charge in [0, 0.05) is 25.0 Å². The van der Waals surface area contributed by atoms with Gasteiger partial charge in [-0.1, -0.05) is 32.0 Å². The highest BCUT2D eigenvalue weighted by molar-refractivity contribution is 5.87. The molecule has 1 aliphatic heterocycles. The summed E-state index contributed by atoms with van der Waals surface area (Å²) in [6, 6.07) is 7.88. The van der Waals surface area contributed by atoms with E-state index < -0.39 is 0 Å². The zero-order chi connectivity index (χ0) is 16.9. The first-order chi connectivity index (χ1) is 11.6. The van der Waals surface area contributed by atoms with Crippen LogP contribution >= 0.6 is 0 Å². The Labute approximate surface area is 143 Å². The van der Waals surface area contributed by atoms with E-state index in [1.165, 1.54) is 19.5 Å². The number of carbonyl (C=O) groups is 1. The van der Waals surface area contributed by atoms with Gasteiger partial charge >= 0.3 is 0 Å². The minimum atomic E-state index is 0.0600. The molecule has 3 rings (SSSR count). The second kappa shape index (κ2) is 7.79. The molecule has 2 N–H and O–H groups in total. The van der Waals surface area contributed by atoms with E-state index in [0.29, 0.717) is 6.42 Å². The standard InChI is InChI=1S/C19H28N4O/c1-14-10-15(2)13-23(12-14)9-5-8-20-19(24)11-18-16-6-3-4-7-17(16)21-22-18/h3-4,6-7,14-15H,5,8-13H2,1-2H3,(H,20,24)(H,21,22)/t14-,15-/m0/s1. The number of nitrogens with zero attached hydrogens (tertiary/aromatic N) is 2. The fourth-order valence-corrected chi connectivity index (χ4v) is 3.88. The summed E-state index contributed by atoms with van der Waals surface area (Å²) in [5.41, 5.74) is 1.80. The first kappa shape index (κ1) is 17.0. The van der Waals surface area contributed by atoms with Gasteiger partial charge in [-0.25, -0.2) is 0 Å². The number of piperidine rings is 1. The molecule has 0 aliphatic carbocycles. The van der Waals surface area contributed by atoms with Crippen LogP contribution in [0, 0.1) is 11.8 Å². The van der Waals surface area contributed by atoms with E-state index in [2.05, 4.69) is 34.3 Å². The molecule has 2 aromatic rings. The number of H-pyrrole nitrogens is 1. The molecule has 0 unspecified atom stereocenters. The number of hydrogen-bond donors (Lipinski definition) is 2. The lowest BCUT2D eigenvalue weighted by atomic mass is 9.92. The third-order valence-electron chi connectivity index (χ3n) is 4.80. The highest BCUT2D eigenvalue weighted by atomic mass is 16.1. The van der Waals surface area contributed by atoms with Gasteiger partial charge < -0.3 is 10.2 Å². The molecule has 5 heteroatoms. The molecule has 0 radical (unpaired) electrons. The normalized spacial score (nSPS) is 21.9. The van der Waals surface area contributed by atoms with Gasteiger partial charge in [-0.2, -0.15) is 5.10 Å². The summed E-state index contributed by atoms with van der Waals surface area (Å²) in [4.78, 5) is 14.7. The molecular formula is C19H28N4O. The molecule has 24 heavy (non-hydrogen) atoms. The van der Waals surface area contributed by atoms with Crippen molar-refractivity contribution in [2.75, 3.05) is 26.2 Å². The summed E-state index contributed by atoms with van der Waals surface area (Å²) in [5, 5.41) is 11.3. The number of nitrogens with one attached hydrogen (secondary N) is 2. The number of benzene rings is 1. The van der Waals surface area contributed by atoms with E-state index in [-0.39, 0.29) is 5.91 Å². The van der Waals surface area contributed by atoms with Crippen molar-refractivity contribution in [1.82, 2.24) is 20.4 Å². The molecule has 130 valence electrons. The van der Waals surface area contributed by atoms with Crippen molar-refractivity contribution in [2.24, 2.45) is 11.8 Å². The lowest BCUT2D eigenvalue weighted by Crippen LogP contribution is -2.40. The van der Waals surface area contributed by atoms with Crippen LogP contribution < -0.4 is 5.32 Å². The molecule has 1 fully saturated rings. The number of hydrogen-bond acceptors (Lipinski definition) is 3. The van der Waals surface area contributed by atoms with Crippen molar-refractivity contribution in [3.8, 4) is 0 Å². The molecular weight excluding hydrogens is 300 g/mol. The SMILES string of the molecule is C[C@H]1C[C@H](C)CN(CCCNC(=O)Cc2[nH]nc3ccccc23)C1. The lowest BCUT2D eigenvalue weighted by Gasteiger charge is -2.34. The fourth-order valence-electron chi connectivity index (χ4n) is 3.88. The highest BCUT2D eigenvalue weighted by Crippen LogP contribution is 2.20. The van der Waals surface area contributed by atoms with Gasteiger partial charge in [0.25, 0.3) is 0 Å². The van der Waals surface area contributed by atoms with E-state index in [4.69, 9.17) is 0 Å². The number of rotatable bonds is 6. The number of aromatic amines is 1. The first-order valence-electron chi connectivity index (χ1n) is 9.03. The van der Waals surface area contributed by atoms with Crippen molar-refractivity contribution >= 4 is 16.8 Å². The van der Waals surface area contributed by atoms with E-state index in [9.17, 15) is 4.79 Å². The van der Waals surface area contributed by atoms with Gasteiger partial charge in [0.05, 0.1) is 17.6 Å². The lowest BCUT2D eigenvalue weighted by molar-refractivity contribution is -0.120. The summed E-state index contributed by atoms with van der Waals surface area (Å²) >= 11 is 0. The third kappa shape index (κ3) is 4.35. The van der Waals surface area contributed by atoms with Crippen LogP contribution in [0.2, 0.25) is 0 Å². The zero-order valence-electron chi connectivity index (χ0n) is 14.7. The Morgan fingerprint density at radius 2 is 2.04 bits per heavy atom. The molecule has 1 aromatic heterocycles. The second-order valence-electron chi connectivity index (χ2n) is 7.31. The summed E-state index contributed by atoms with van der Waals surface area (Å²) in [6.45, 7) is 8.86. The van der Waals surface area contributed by atoms with E-state index in [1.807, 2.05) is 24.3 Å². The Balaban J connectivity index is 1.40. The van der Waals surface area contributed by atoms with E-state index in [1.54, 1.807) is 0 Å². The predicted molar refractivity (Wildman–Crippen MR) is 96.8 cm³/mol. The summed E-state index contributed by atoms with van der Waals surface area (Å²) in [5.74, 6) is 1.64. The Kier molecular flexibility index (Phi) is 5.51. The van der Waals surface area contributed by atoms with E-state index >= 15 is 0 Å². The maximum absolute atomic E-state index is 12.1. The summed E-state index contributed by atoms with van der Waals surface area (Å²) in [6.07, 6.45) is 2.71. The first-order valence-corrected chi connectivity index (χ1v) is 9.03. The van der Waals surface area contributed by atoms with Crippen LogP contribution in [-0.2, 0) is 11.2 Å². The van der Waals surface area contributed by atoms with Gasteiger partial charge in [0.2, 0.25) is 5.91 Å². The molecule has 0 bridgehead atoms. The van der Waals surface area contributed by atoms with Crippen LogP contribution in [0.5, 0.6) is 0 Å². The molecule has 2 heterocycles. The molecule has 1 aliphatic rings. The van der Waals surface area contributed by atoms with E-state index in [0.717, 1.165) is 47.9 Å². The molecule has 1 amide bonds. The van der Waals surface area contributed by atoms with Gasteiger partial charge in [0.1, 0.15) is 0 Å². The minimum absolute atomic E-state index is 0.0600. The number of amides is 1. The maximum atomic E-state index is 12.1. The molecule has 5 nitrogen and oxygen atoms in total. The second-order valence-corrected chi connectivity index (χ2v) is 7.31. The average Bonchev–Trinajstić information content (AvgIpc) is 2.94. The third-order valence-corrected chi connectivity index (χ3v) is 4.80. The topological polar surface area (TPSA) is 61.0 Å². The van der Waals surface area contributed by atoms with Gasteiger partial charge in [0.15, 0.2) is 0 Å². The zero-order valence-corrected chi connectivity index (χ0v) is 14.7. The Morgan fingerprint density at radius 3 is 2.83 bits per heavy atom. The number of carbonyl (C=O) groups excluding carboxylic acids is 1. The summed E-state index contributed by atoms with van der Waals surface area (Å²) < 4.78 is 0. The molecule has 0 spiro atoms. The van der Waals surface area contributed by atoms with Crippen LogP contribution in [0.4, 0.5) is 0 Å². The minimum Gasteiger partial charge on any atom is -0.356 e. The predicted octanol–water partition coefficient (Wildman–Crippen LogP) is 2.59. The van der Waals surface area contributed by atoms with Gasteiger partial charge in [-0.15, -0.1) is 0 Å². The van der Waals surface area contributed by atoms with Crippen molar-refractivity contribution < 1.29 is 4.79 Å². The Morgan fingerprint density at radius 1 is 1.29 bits per heavy atom. The number of likely N-dealkylation sites (tertiary alicyclic amines) is 1. The molecule has 1 aromatic carbocycles. The van der Waals surface area contributed by atoms with Crippen molar-refractivity contribution in [1.29, 1.82) is 0 Å². The van der Waals surface area contributed by atoms with Crippen LogP contribution in [0.1, 0.15) is 32.4 Å². The van der Waals surface area contributed by atoms with Crippen LogP contribution in [0.25, 0.3) is 10.9 Å². The number of aromatic nitrogens is 2. The van der Waals surface area contributed by atoms with Gasteiger partial charge in [-0.05, 0) is 37.3 Å². The molecule has 0 saturated carbocycles. The van der Waals surface area contributed by atoms with Gasteiger partial charge in [-0.3, -0.25) is 9.89 Å². The monoisotopic (exact) mass is 328 g/mol. The summed E-state index contributed by atoms with van der Waals surface area (Å²) in [7, 11) is 0. The van der Waals surface area contributed by atoms with Crippen molar-refractivity contribution in [3.63, 3.8) is 0 Å². The molecule has 2 atom stereocenters. The smallest absolute Gasteiger partial charge is 0.226 e. The maximum Gasteiger partial charge on any atom is 0.226 e. The largest absolute Gasteiger partial charge is 0.356 e. The van der Waals surface area contributed by atoms with Crippen LogP contribution in [0.3, 0.4) is 0 Å². The highest BCUT2D eigenvalue weighted by Gasteiger charge is 2.21. The number of para-hydroxylation sites is 1. The van der Waals surface area contributed by atoms with Crippen LogP contribution in [-0.4, -0.2) is 47.2 Å². The van der Waals surface area contributed by atoms with Crippen molar-refractivity contribution in [2.45, 2.75) is 33.1 Å². The molecule has 1 saturated heterocycles. The Bertz CT molecular complexity index is 671. The van der Waals surface area contributed by atoms with Crippen LogP contribution in [0.15, 0.2) is 24.3 Å². The quantitative estimate of drug-likeness (QED) is 0.801.